The number of pyridine rings is 1. The van der Waals surface area contributed by atoms with E-state index in [9.17, 15) is 0 Å². The van der Waals surface area contributed by atoms with Gasteiger partial charge in [0.05, 0.1) is 18.3 Å². The van der Waals surface area contributed by atoms with Crippen molar-refractivity contribution >= 4 is 28.3 Å². The van der Waals surface area contributed by atoms with Gasteiger partial charge in [0.1, 0.15) is 17.0 Å². The van der Waals surface area contributed by atoms with Gasteiger partial charge in [-0.1, -0.05) is 6.92 Å². The van der Waals surface area contributed by atoms with Crippen molar-refractivity contribution in [3.63, 3.8) is 0 Å². The summed E-state index contributed by atoms with van der Waals surface area (Å²) in [4.78, 5) is 13.7. The van der Waals surface area contributed by atoms with Crippen LogP contribution in [0.1, 0.15) is 19.8 Å². The Bertz CT molecular complexity index is 1430. The van der Waals surface area contributed by atoms with E-state index < -0.39 is 0 Å². The number of anilines is 1. The monoisotopic (exact) mass is 415 g/mol. The highest BCUT2D eigenvalue weighted by atomic mass is 16.5. The van der Waals surface area contributed by atoms with Gasteiger partial charge >= 0.3 is 0 Å². The lowest BCUT2D eigenvalue weighted by Crippen LogP contribution is -2.02. The lowest BCUT2D eigenvalue weighted by Gasteiger charge is -2.07. The number of oxazole rings is 1. The summed E-state index contributed by atoms with van der Waals surface area (Å²) in [6.07, 6.45) is 5.88. The summed E-state index contributed by atoms with van der Waals surface area (Å²) in [5.41, 5.74) is 11.4. The van der Waals surface area contributed by atoms with Crippen molar-refractivity contribution in [1.82, 2.24) is 29.3 Å². The number of nitrogens with two attached hydrogens (primary N) is 1. The Kier molecular flexibility index (Phi) is 3.95. The van der Waals surface area contributed by atoms with Gasteiger partial charge in [0.25, 0.3) is 6.01 Å². The molecule has 1 aliphatic rings. The first-order valence-electron chi connectivity index (χ1n) is 10.4. The highest BCUT2D eigenvalue weighted by Gasteiger charge is 2.22. The Morgan fingerprint density at radius 2 is 2.06 bits per heavy atom. The summed E-state index contributed by atoms with van der Waals surface area (Å²) in [5, 5.41) is 4.47. The minimum Gasteiger partial charge on any atom is -0.491 e. The van der Waals surface area contributed by atoms with E-state index in [1.807, 2.05) is 23.0 Å². The standard InChI is InChI=1S/C22H21N7O2/c1-2-6-28-12-14(11-24-28)13-9-16-19-18(10-13)30-8-3-7-29(19)21(26-16)15-4-5-17-20(25-15)27-22(23)31-17/h4-5,9-12H,2-3,6-8H2,1H3,(H2,23,25,27). The third-order valence-corrected chi connectivity index (χ3v) is 5.51. The van der Waals surface area contributed by atoms with E-state index >= 15 is 0 Å². The van der Waals surface area contributed by atoms with Gasteiger partial charge in [-0.3, -0.25) is 4.68 Å². The SMILES string of the molecule is CCCn1cc(-c2cc3c4c(c2)nc(-c2ccc5oc(N)nc5n2)n4CCCO3)cn1. The summed E-state index contributed by atoms with van der Waals surface area (Å²) >= 11 is 0. The molecule has 31 heavy (non-hydrogen) atoms. The molecule has 9 nitrogen and oxygen atoms in total. The normalized spacial score (nSPS) is 13.6. The molecule has 0 atom stereocenters. The fraction of sp³-hybridized carbons (Fsp3) is 0.273. The van der Waals surface area contributed by atoms with Gasteiger partial charge < -0.3 is 19.5 Å². The quantitative estimate of drug-likeness (QED) is 0.474. The van der Waals surface area contributed by atoms with Crippen molar-refractivity contribution in [1.29, 1.82) is 0 Å². The molecule has 0 spiro atoms. The topological polar surface area (TPSA) is 110 Å². The number of fused-ring (bicyclic) bond motifs is 1. The van der Waals surface area contributed by atoms with Crippen LogP contribution in [0.4, 0.5) is 6.01 Å². The highest BCUT2D eigenvalue weighted by molar-refractivity contribution is 5.91. The first-order chi connectivity index (χ1) is 15.2. The van der Waals surface area contributed by atoms with Gasteiger partial charge in [-0.15, -0.1) is 0 Å². The molecule has 4 aromatic heterocycles. The second-order valence-electron chi connectivity index (χ2n) is 7.69. The number of benzene rings is 1. The molecule has 9 heteroatoms. The summed E-state index contributed by atoms with van der Waals surface area (Å²) in [6, 6.07) is 7.99. The van der Waals surface area contributed by atoms with Crippen LogP contribution in [0.15, 0.2) is 41.1 Å². The van der Waals surface area contributed by atoms with Gasteiger partial charge in [-0.2, -0.15) is 10.1 Å². The average Bonchev–Trinajstić information content (AvgIpc) is 3.42. The van der Waals surface area contributed by atoms with Crippen LogP contribution in [-0.4, -0.2) is 35.9 Å². The van der Waals surface area contributed by atoms with Gasteiger partial charge in [-0.25, -0.2) is 9.97 Å². The number of hydrogen-bond acceptors (Lipinski definition) is 7. The van der Waals surface area contributed by atoms with Crippen LogP contribution in [0, 0.1) is 0 Å². The van der Waals surface area contributed by atoms with Crippen molar-refractivity contribution < 1.29 is 9.15 Å². The van der Waals surface area contributed by atoms with E-state index in [-0.39, 0.29) is 6.01 Å². The van der Waals surface area contributed by atoms with E-state index in [1.165, 1.54) is 0 Å². The van der Waals surface area contributed by atoms with Crippen LogP contribution < -0.4 is 10.5 Å². The van der Waals surface area contributed by atoms with Gasteiger partial charge in [-0.05, 0) is 42.7 Å². The van der Waals surface area contributed by atoms with Crippen molar-refractivity contribution in [2.45, 2.75) is 32.9 Å². The number of nitrogen functional groups attached to an aromatic ring is 1. The minimum absolute atomic E-state index is 0.106. The van der Waals surface area contributed by atoms with Crippen molar-refractivity contribution in [2.75, 3.05) is 12.3 Å². The fourth-order valence-corrected chi connectivity index (χ4v) is 4.15. The maximum Gasteiger partial charge on any atom is 0.294 e. The molecule has 0 amide bonds. The Hall–Kier alpha value is -3.88. The zero-order valence-electron chi connectivity index (χ0n) is 17.1. The molecule has 5 aromatic rings. The third kappa shape index (κ3) is 2.92. The molecule has 0 fully saturated rings. The van der Waals surface area contributed by atoms with E-state index in [0.717, 1.165) is 65.4 Å². The molecule has 0 saturated heterocycles. The second kappa shape index (κ2) is 6.83. The molecule has 1 aromatic carbocycles. The number of ether oxygens (including phenoxy) is 1. The van der Waals surface area contributed by atoms with E-state index in [4.69, 9.17) is 19.9 Å². The summed E-state index contributed by atoms with van der Waals surface area (Å²) in [5.74, 6) is 1.61. The molecule has 5 heterocycles. The summed E-state index contributed by atoms with van der Waals surface area (Å²) in [7, 11) is 0. The Balaban J connectivity index is 1.53. The Morgan fingerprint density at radius 1 is 1.13 bits per heavy atom. The average molecular weight is 415 g/mol. The number of rotatable bonds is 4. The lowest BCUT2D eigenvalue weighted by atomic mass is 10.1. The Morgan fingerprint density at radius 3 is 2.97 bits per heavy atom. The van der Waals surface area contributed by atoms with E-state index in [0.29, 0.717) is 17.8 Å². The minimum atomic E-state index is 0.106. The maximum atomic E-state index is 6.11. The number of aromatic nitrogens is 6. The van der Waals surface area contributed by atoms with Crippen LogP contribution >= 0.6 is 0 Å². The fourth-order valence-electron chi connectivity index (χ4n) is 4.15. The van der Waals surface area contributed by atoms with Crippen LogP contribution in [0.25, 0.3) is 44.9 Å². The largest absolute Gasteiger partial charge is 0.491 e. The molecule has 0 radical (unpaired) electrons. The summed E-state index contributed by atoms with van der Waals surface area (Å²) < 4.78 is 15.6. The van der Waals surface area contributed by atoms with Crippen LogP contribution in [0.2, 0.25) is 0 Å². The molecule has 156 valence electrons. The zero-order valence-corrected chi connectivity index (χ0v) is 17.1. The third-order valence-electron chi connectivity index (χ3n) is 5.51. The van der Waals surface area contributed by atoms with Gasteiger partial charge in [0, 0.05) is 24.8 Å². The zero-order chi connectivity index (χ0) is 20.9. The van der Waals surface area contributed by atoms with Gasteiger partial charge in [0.15, 0.2) is 11.4 Å². The molecular weight excluding hydrogens is 394 g/mol. The molecular formula is C22H21N7O2. The summed E-state index contributed by atoms with van der Waals surface area (Å²) in [6.45, 7) is 4.49. The number of imidazole rings is 1. The molecule has 2 N–H and O–H groups in total. The molecule has 0 saturated carbocycles. The molecule has 0 bridgehead atoms. The van der Waals surface area contributed by atoms with Crippen molar-refractivity contribution in [3.05, 3.63) is 36.7 Å². The first-order valence-corrected chi connectivity index (χ1v) is 10.4. The number of hydrogen-bond donors (Lipinski definition) is 1. The number of nitrogens with zero attached hydrogens (tertiary/aromatic N) is 6. The van der Waals surface area contributed by atoms with Crippen molar-refractivity contribution in [2.24, 2.45) is 0 Å². The molecule has 6 rings (SSSR count). The number of aryl methyl sites for hydroxylation is 2. The van der Waals surface area contributed by atoms with Gasteiger partial charge in [0.2, 0.25) is 5.65 Å². The van der Waals surface area contributed by atoms with E-state index in [2.05, 4.69) is 44.9 Å². The molecule has 1 aliphatic heterocycles. The van der Waals surface area contributed by atoms with Crippen LogP contribution in [0.3, 0.4) is 0 Å². The molecule has 0 aliphatic carbocycles. The lowest BCUT2D eigenvalue weighted by molar-refractivity contribution is 0.316. The first kappa shape index (κ1) is 17.9. The predicted molar refractivity (Wildman–Crippen MR) is 117 cm³/mol. The van der Waals surface area contributed by atoms with Crippen molar-refractivity contribution in [3.8, 4) is 28.4 Å². The maximum absolute atomic E-state index is 6.11. The molecule has 0 unspecified atom stereocenters. The highest BCUT2D eigenvalue weighted by Crippen LogP contribution is 2.37. The predicted octanol–water partition coefficient (Wildman–Crippen LogP) is 3.88. The Labute approximate surface area is 177 Å². The van der Waals surface area contributed by atoms with Crippen LogP contribution in [0.5, 0.6) is 5.75 Å². The van der Waals surface area contributed by atoms with Crippen LogP contribution in [-0.2, 0) is 13.1 Å². The second-order valence-corrected chi connectivity index (χ2v) is 7.69. The van der Waals surface area contributed by atoms with E-state index in [1.54, 1.807) is 0 Å². The smallest absolute Gasteiger partial charge is 0.294 e.